The van der Waals surface area contributed by atoms with Crippen molar-refractivity contribution in [3.63, 3.8) is 0 Å². The van der Waals surface area contributed by atoms with Gasteiger partial charge in [0, 0.05) is 17.5 Å². The largest absolute Gasteiger partial charge is 0.755 e. The Hall–Kier alpha value is -2.84. The summed E-state index contributed by atoms with van der Waals surface area (Å²) in [7, 11) is -1.23. The highest BCUT2D eigenvalue weighted by molar-refractivity contribution is 7.91. The first kappa shape index (κ1) is 21.5. The Balaban J connectivity index is 2.77. The Bertz CT molecular complexity index is 977. The molecule has 28 heavy (non-hydrogen) atoms. The third kappa shape index (κ3) is 4.71. The van der Waals surface area contributed by atoms with Crippen molar-refractivity contribution < 1.29 is 31.4 Å². The van der Waals surface area contributed by atoms with Crippen LogP contribution in [0.3, 0.4) is 0 Å². The van der Waals surface area contributed by atoms with Crippen molar-refractivity contribution in [2.75, 3.05) is 24.9 Å². The van der Waals surface area contributed by atoms with Crippen LogP contribution < -0.4 is 19.1 Å². The van der Waals surface area contributed by atoms with E-state index in [9.17, 15) is 22.0 Å². The summed E-state index contributed by atoms with van der Waals surface area (Å²) in [5, 5.41) is 0. The number of hydrogen-bond acceptors (Lipinski definition) is 10. The zero-order valence-corrected chi connectivity index (χ0v) is 16.6. The highest BCUT2D eigenvalue weighted by atomic mass is 32.2. The van der Waals surface area contributed by atoms with Crippen LogP contribution in [-0.4, -0.2) is 58.1 Å². The van der Waals surface area contributed by atoms with Gasteiger partial charge in [-0.25, -0.2) is 23.1 Å². The first-order chi connectivity index (χ1) is 13.2. The molecule has 0 fully saturated rings. The molecule has 0 aliphatic rings. The Morgan fingerprint density at radius 3 is 2.39 bits per heavy atom. The molecule has 2 amide bonds. The topological polar surface area (TPSA) is 164 Å². The fourth-order valence-corrected chi connectivity index (χ4v) is 3.30. The van der Waals surface area contributed by atoms with Crippen molar-refractivity contribution in [3.8, 4) is 11.8 Å². The van der Waals surface area contributed by atoms with Gasteiger partial charge in [-0.15, -0.1) is 0 Å². The first-order valence-electron chi connectivity index (χ1n) is 7.58. The molecule has 2 aromatic heterocycles. The SMILES string of the molecule is CCS(=O)(=O)c1cccnc1N(C(=O)NS(=O)[O-])c1nc(OC)cc(OC)n1. The van der Waals surface area contributed by atoms with E-state index in [0.717, 1.165) is 0 Å². The summed E-state index contributed by atoms with van der Waals surface area (Å²) in [6.07, 6.45) is 1.23. The molecule has 2 rings (SSSR count). The highest BCUT2D eigenvalue weighted by Gasteiger charge is 2.30. The standard InChI is InChI=1S/C14H17N5O7S2/c1-4-28(23,24)9-6-5-7-15-12(9)19(14(20)18-27(21)22)13-16-10(25-2)8-11(17-13)26-3/h5-8H,4H2,1-3H3,(H,18,20)(H,21,22)/p-1. The molecule has 1 N–H and O–H groups in total. The van der Waals surface area contributed by atoms with Crippen LogP contribution in [0.1, 0.15) is 6.92 Å². The number of pyridine rings is 1. The van der Waals surface area contributed by atoms with Gasteiger partial charge < -0.3 is 14.0 Å². The Labute approximate surface area is 163 Å². The number of sulfone groups is 1. The molecule has 0 spiro atoms. The van der Waals surface area contributed by atoms with E-state index < -0.39 is 33.1 Å². The van der Waals surface area contributed by atoms with E-state index in [1.807, 2.05) is 0 Å². The van der Waals surface area contributed by atoms with Crippen LogP contribution in [0.4, 0.5) is 16.6 Å². The molecule has 1 unspecified atom stereocenters. The number of ether oxygens (including phenoxy) is 2. The van der Waals surface area contributed by atoms with Crippen LogP contribution in [0.25, 0.3) is 0 Å². The number of carbonyl (C=O) groups excluding carboxylic acids is 1. The number of amides is 2. The summed E-state index contributed by atoms with van der Waals surface area (Å²) >= 11 is -2.99. The van der Waals surface area contributed by atoms with Crippen LogP contribution in [0.2, 0.25) is 0 Å². The second-order valence-corrected chi connectivity index (χ2v) is 7.88. The maximum atomic E-state index is 12.5. The van der Waals surface area contributed by atoms with Gasteiger partial charge in [0.1, 0.15) is 4.90 Å². The first-order valence-corrected chi connectivity index (χ1v) is 10.3. The minimum Gasteiger partial charge on any atom is -0.755 e. The summed E-state index contributed by atoms with van der Waals surface area (Å²) < 4.78 is 58.5. The lowest BCUT2D eigenvalue weighted by Crippen LogP contribution is -2.39. The second-order valence-electron chi connectivity index (χ2n) is 4.96. The van der Waals surface area contributed by atoms with Crippen LogP contribution in [0.15, 0.2) is 29.3 Å². The van der Waals surface area contributed by atoms with Crippen molar-refractivity contribution in [3.05, 3.63) is 24.4 Å². The molecule has 0 radical (unpaired) electrons. The van der Waals surface area contributed by atoms with Gasteiger partial charge in [-0.2, -0.15) is 9.97 Å². The van der Waals surface area contributed by atoms with Crippen molar-refractivity contribution in [1.82, 2.24) is 19.7 Å². The highest BCUT2D eigenvalue weighted by Crippen LogP contribution is 2.30. The molecule has 0 aliphatic heterocycles. The number of nitrogens with one attached hydrogen (secondary N) is 1. The third-order valence-corrected chi connectivity index (χ3v) is 5.43. The van der Waals surface area contributed by atoms with Crippen molar-refractivity contribution in [1.29, 1.82) is 0 Å². The van der Waals surface area contributed by atoms with Crippen molar-refractivity contribution >= 4 is 38.9 Å². The summed E-state index contributed by atoms with van der Waals surface area (Å²) in [4.78, 5) is 24.7. The van der Waals surface area contributed by atoms with Gasteiger partial charge in [0.25, 0.3) is 0 Å². The van der Waals surface area contributed by atoms with E-state index in [-0.39, 0.29) is 28.2 Å². The van der Waals surface area contributed by atoms with Gasteiger partial charge in [-0.1, -0.05) is 6.92 Å². The average Bonchev–Trinajstić information content (AvgIpc) is 2.67. The molecule has 0 bridgehead atoms. The number of anilines is 2. The predicted octanol–water partition coefficient (Wildman–Crippen LogP) is 0.324. The Morgan fingerprint density at radius 2 is 1.89 bits per heavy atom. The second kappa shape index (κ2) is 8.90. The van der Waals surface area contributed by atoms with Gasteiger partial charge in [0.2, 0.25) is 17.7 Å². The molecule has 0 aromatic carbocycles. The van der Waals surface area contributed by atoms with Crippen LogP contribution >= 0.6 is 0 Å². The quantitative estimate of drug-likeness (QED) is 0.605. The molecular formula is C14H16N5O7S2-. The molecule has 152 valence electrons. The molecule has 2 aromatic rings. The fraction of sp³-hybridized carbons (Fsp3) is 0.286. The van der Waals surface area contributed by atoms with E-state index in [4.69, 9.17) is 9.47 Å². The third-order valence-electron chi connectivity index (χ3n) is 3.34. The van der Waals surface area contributed by atoms with Gasteiger partial charge in [-0.3, -0.25) is 8.93 Å². The monoisotopic (exact) mass is 430 g/mol. The number of carbonyl (C=O) groups is 1. The smallest absolute Gasteiger partial charge is 0.341 e. The maximum absolute atomic E-state index is 12.5. The molecule has 0 aliphatic carbocycles. The molecule has 14 heteroatoms. The Morgan fingerprint density at radius 1 is 1.29 bits per heavy atom. The lowest BCUT2D eigenvalue weighted by atomic mass is 10.4. The molecule has 12 nitrogen and oxygen atoms in total. The molecular weight excluding hydrogens is 414 g/mol. The van der Waals surface area contributed by atoms with Crippen LogP contribution in [0, 0.1) is 0 Å². The van der Waals surface area contributed by atoms with Gasteiger partial charge >= 0.3 is 6.03 Å². The lowest BCUT2D eigenvalue weighted by Gasteiger charge is -2.23. The number of urea groups is 1. The van der Waals surface area contributed by atoms with E-state index in [1.165, 1.54) is 45.5 Å². The fourth-order valence-electron chi connectivity index (χ4n) is 2.05. The van der Waals surface area contributed by atoms with Crippen molar-refractivity contribution in [2.45, 2.75) is 11.8 Å². The summed E-state index contributed by atoms with van der Waals surface area (Å²) in [6, 6.07) is 2.65. The summed E-state index contributed by atoms with van der Waals surface area (Å²) in [6.45, 7) is 1.41. The van der Waals surface area contributed by atoms with Crippen LogP contribution in [0.5, 0.6) is 11.8 Å². The molecule has 1 atom stereocenters. The molecule has 2 heterocycles. The molecule has 0 saturated carbocycles. The number of nitrogens with zero attached hydrogens (tertiary/aromatic N) is 4. The normalized spacial score (nSPS) is 12.1. The maximum Gasteiger partial charge on any atom is 0.341 e. The number of aromatic nitrogens is 3. The van der Waals surface area contributed by atoms with E-state index in [2.05, 4.69) is 15.0 Å². The minimum absolute atomic E-state index is 0.0151. The van der Waals surface area contributed by atoms with Crippen LogP contribution in [-0.2, 0) is 21.1 Å². The summed E-state index contributed by atoms with van der Waals surface area (Å²) in [5.74, 6) is -1.11. The summed E-state index contributed by atoms with van der Waals surface area (Å²) in [5.41, 5.74) is 0. The molecule has 0 saturated heterocycles. The number of rotatable bonds is 7. The average molecular weight is 430 g/mol. The Kier molecular flexibility index (Phi) is 6.82. The van der Waals surface area contributed by atoms with Gasteiger partial charge in [0.15, 0.2) is 15.7 Å². The predicted molar refractivity (Wildman–Crippen MR) is 96.7 cm³/mol. The van der Waals surface area contributed by atoms with E-state index >= 15 is 0 Å². The minimum atomic E-state index is -3.83. The van der Waals surface area contributed by atoms with E-state index in [0.29, 0.717) is 4.90 Å². The number of methoxy groups -OCH3 is 2. The zero-order chi connectivity index (χ0) is 20.9. The zero-order valence-electron chi connectivity index (χ0n) is 15.0. The van der Waals surface area contributed by atoms with Gasteiger partial charge in [0.05, 0.1) is 26.0 Å². The van der Waals surface area contributed by atoms with Crippen molar-refractivity contribution in [2.24, 2.45) is 0 Å². The number of hydrogen-bond donors (Lipinski definition) is 1. The lowest BCUT2D eigenvalue weighted by molar-refractivity contribution is 0.252. The van der Waals surface area contributed by atoms with Gasteiger partial charge in [-0.05, 0) is 12.1 Å². The van der Waals surface area contributed by atoms with E-state index in [1.54, 1.807) is 4.72 Å².